The Morgan fingerprint density at radius 2 is 1.91 bits per heavy atom. The van der Waals surface area contributed by atoms with E-state index in [2.05, 4.69) is 27.3 Å². The van der Waals surface area contributed by atoms with E-state index in [4.69, 9.17) is 0 Å². The van der Waals surface area contributed by atoms with Crippen LogP contribution in [0.25, 0.3) is 22.2 Å². The number of piperidine rings is 1. The van der Waals surface area contributed by atoms with Gasteiger partial charge < -0.3 is 10.2 Å². The van der Waals surface area contributed by atoms with E-state index in [0.29, 0.717) is 23.0 Å². The quantitative estimate of drug-likeness (QED) is 0.499. The lowest BCUT2D eigenvalue weighted by Gasteiger charge is -2.29. The molecular formula is C26H28N6O2. The molecule has 0 unspecified atom stereocenters. The molecule has 2 aromatic heterocycles. The summed E-state index contributed by atoms with van der Waals surface area (Å²) in [4.78, 5) is 32.7. The van der Waals surface area contributed by atoms with Crippen LogP contribution < -0.4 is 10.9 Å². The fourth-order valence-electron chi connectivity index (χ4n) is 4.52. The molecule has 1 saturated heterocycles. The largest absolute Gasteiger partial charge is 0.349 e. The minimum Gasteiger partial charge on any atom is -0.349 e. The zero-order chi connectivity index (χ0) is 23.7. The normalized spacial score (nSPS) is 15.0. The molecule has 1 fully saturated rings. The highest BCUT2D eigenvalue weighted by Gasteiger charge is 2.19. The standard InChI is InChI=1S/C26H28N6O2/c1-30-12-9-21(10-13-30)29-25(33)20-5-3-4-18(14-20)16-32-17-27-23-15-19(6-7-22(23)26(32)34)24-8-11-28-31(24)2/h3-8,11,14-15,17,21H,9-10,12-13,16H2,1-2H3,(H,29,33). The van der Waals surface area contributed by atoms with Gasteiger partial charge >= 0.3 is 0 Å². The molecule has 0 spiro atoms. The van der Waals surface area contributed by atoms with E-state index in [1.54, 1.807) is 21.8 Å². The number of nitrogens with one attached hydrogen (secondary N) is 1. The van der Waals surface area contributed by atoms with Crippen LogP contribution in [0, 0.1) is 0 Å². The zero-order valence-electron chi connectivity index (χ0n) is 19.4. The number of aromatic nitrogens is 4. The predicted octanol–water partition coefficient (Wildman–Crippen LogP) is 2.67. The van der Waals surface area contributed by atoms with Crippen molar-refractivity contribution >= 4 is 16.8 Å². The minimum atomic E-state index is -0.109. The number of aryl methyl sites for hydroxylation is 1. The molecule has 4 aromatic rings. The van der Waals surface area contributed by atoms with Crippen molar-refractivity contribution in [2.24, 2.45) is 7.05 Å². The van der Waals surface area contributed by atoms with Gasteiger partial charge in [-0.25, -0.2) is 4.98 Å². The van der Waals surface area contributed by atoms with Crippen molar-refractivity contribution in [2.75, 3.05) is 20.1 Å². The van der Waals surface area contributed by atoms with E-state index in [1.807, 2.05) is 55.6 Å². The summed E-state index contributed by atoms with van der Waals surface area (Å²) in [5.74, 6) is -0.0666. The highest BCUT2D eigenvalue weighted by atomic mass is 16.1. The van der Waals surface area contributed by atoms with E-state index in [9.17, 15) is 9.59 Å². The van der Waals surface area contributed by atoms with Crippen molar-refractivity contribution in [3.63, 3.8) is 0 Å². The van der Waals surface area contributed by atoms with Crippen molar-refractivity contribution in [2.45, 2.75) is 25.4 Å². The van der Waals surface area contributed by atoms with Crippen LogP contribution in [0.2, 0.25) is 0 Å². The van der Waals surface area contributed by atoms with Gasteiger partial charge in [0.15, 0.2) is 0 Å². The van der Waals surface area contributed by atoms with Gasteiger partial charge in [-0.15, -0.1) is 0 Å². The highest BCUT2D eigenvalue weighted by Crippen LogP contribution is 2.21. The monoisotopic (exact) mass is 456 g/mol. The van der Waals surface area contributed by atoms with Gasteiger partial charge in [-0.05, 0) is 68.9 Å². The summed E-state index contributed by atoms with van der Waals surface area (Å²) in [6, 6.07) is 15.2. The number of hydrogen-bond acceptors (Lipinski definition) is 5. The van der Waals surface area contributed by atoms with Crippen LogP contribution in [0.3, 0.4) is 0 Å². The number of likely N-dealkylation sites (tertiary alicyclic amines) is 1. The second-order valence-electron chi connectivity index (χ2n) is 9.00. The van der Waals surface area contributed by atoms with Crippen molar-refractivity contribution < 1.29 is 4.79 Å². The van der Waals surface area contributed by atoms with Crippen LogP contribution in [0.15, 0.2) is 65.8 Å². The van der Waals surface area contributed by atoms with E-state index >= 15 is 0 Å². The molecule has 0 radical (unpaired) electrons. The third kappa shape index (κ3) is 4.49. The molecule has 0 saturated carbocycles. The van der Waals surface area contributed by atoms with E-state index in [1.165, 1.54) is 0 Å². The van der Waals surface area contributed by atoms with Gasteiger partial charge in [0.05, 0.1) is 29.5 Å². The van der Waals surface area contributed by atoms with Gasteiger partial charge in [0, 0.05) is 30.4 Å². The molecular weight excluding hydrogens is 428 g/mol. The maximum Gasteiger partial charge on any atom is 0.261 e. The third-order valence-electron chi connectivity index (χ3n) is 6.54. The first-order chi connectivity index (χ1) is 16.5. The smallest absolute Gasteiger partial charge is 0.261 e. The lowest BCUT2D eigenvalue weighted by Crippen LogP contribution is -2.43. The molecule has 0 aliphatic carbocycles. The summed E-state index contributed by atoms with van der Waals surface area (Å²) in [6.45, 7) is 2.33. The molecule has 1 amide bonds. The number of nitrogens with zero attached hydrogens (tertiary/aromatic N) is 5. The summed E-state index contributed by atoms with van der Waals surface area (Å²) in [7, 11) is 3.98. The number of hydrogen-bond donors (Lipinski definition) is 1. The number of carbonyl (C=O) groups is 1. The average Bonchev–Trinajstić information content (AvgIpc) is 3.28. The Hall–Kier alpha value is -3.78. The molecule has 8 heteroatoms. The van der Waals surface area contributed by atoms with E-state index < -0.39 is 0 Å². The molecule has 34 heavy (non-hydrogen) atoms. The Balaban J connectivity index is 1.35. The number of rotatable bonds is 5. The molecule has 0 atom stereocenters. The highest BCUT2D eigenvalue weighted by molar-refractivity contribution is 5.94. The summed E-state index contributed by atoms with van der Waals surface area (Å²) in [5, 5.41) is 7.92. The number of carbonyl (C=O) groups excluding carboxylic acids is 1. The topological polar surface area (TPSA) is 85.1 Å². The first-order valence-electron chi connectivity index (χ1n) is 11.5. The molecule has 174 valence electrons. The van der Waals surface area contributed by atoms with E-state index in [0.717, 1.165) is 42.8 Å². The van der Waals surface area contributed by atoms with Crippen LogP contribution in [0.4, 0.5) is 0 Å². The molecule has 1 N–H and O–H groups in total. The van der Waals surface area contributed by atoms with E-state index in [-0.39, 0.29) is 17.5 Å². The average molecular weight is 457 g/mol. The van der Waals surface area contributed by atoms with Crippen LogP contribution in [0.5, 0.6) is 0 Å². The lowest BCUT2D eigenvalue weighted by molar-refractivity contribution is 0.0916. The van der Waals surface area contributed by atoms with Gasteiger partial charge in [0.1, 0.15) is 0 Å². The van der Waals surface area contributed by atoms with Gasteiger partial charge in [0.2, 0.25) is 0 Å². The van der Waals surface area contributed by atoms with Gasteiger partial charge in [0.25, 0.3) is 11.5 Å². The van der Waals surface area contributed by atoms with Crippen molar-refractivity contribution in [1.29, 1.82) is 0 Å². The number of fused-ring (bicyclic) bond motifs is 1. The SMILES string of the molecule is CN1CCC(NC(=O)c2cccc(Cn3cnc4cc(-c5ccnn5C)ccc4c3=O)c2)CC1. The molecule has 5 rings (SSSR count). The number of amides is 1. The Kier molecular flexibility index (Phi) is 5.98. The number of benzene rings is 2. The molecule has 0 bridgehead atoms. The first kappa shape index (κ1) is 22.0. The second-order valence-corrected chi connectivity index (χ2v) is 9.00. The summed E-state index contributed by atoms with van der Waals surface area (Å²) < 4.78 is 3.37. The van der Waals surface area contributed by atoms with Crippen LogP contribution in [-0.4, -0.2) is 56.3 Å². The third-order valence-corrected chi connectivity index (χ3v) is 6.54. The predicted molar refractivity (Wildman–Crippen MR) is 132 cm³/mol. The molecule has 1 aliphatic rings. The zero-order valence-corrected chi connectivity index (χ0v) is 19.4. The van der Waals surface area contributed by atoms with Crippen LogP contribution in [0.1, 0.15) is 28.8 Å². The van der Waals surface area contributed by atoms with Crippen LogP contribution >= 0.6 is 0 Å². The molecule has 1 aliphatic heterocycles. The first-order valence-corrected chi connectivity index (χ1v) is 11.5. The van der Waals surface area contributed by atoms with Gasteiger partial charge in [-0.3, -0.25) is 18.8 Å². The Morgan fingerprint density at radius 3 is 2.68 bits per heavy atom. The van der Waals surface area contributed by atoms with Crippen molar-refractivity contribution in [3.8, 4) is 11.3 Å². The maximum atomic E-state index is 13.1. The Labute approximate surface area is 197 Å². The molecule has 3 heterocycles. The molecule has 2 aromatic carbocycles. The second kappa shape index (κ2) is 9.23. The maximum absolute atomic E-state index is 13.1. The van der Waals surface area contributed by atoms with Gasteiger partial charge in [-0.1, -0.05) is 18.2 Å². The van der Waals surface area contributed by atoms with Crippen molar-refractivity contribution in [3.05, 3.63) is 82.5 Å². The molecule has 8 nitrogen and oxygen atoms in total. The summed E-state index contributed by atoms with van der Waals surface area (Å²) in [6.07, 6.45) is 5.24. The Morgan fingerprint density at radius 1 is 1.09 bits per heavy atom. The summed E-state index contributed by atoms with van der Waals surface area (Å²) in [5.41, 5.74) is 3.95. The van der Waals surface area contributed by atoms with Gasteiger partial charge in [-0.2, -0.15) is 5.10 Å². The fraction of sp³-hybridized carbons (Fsp3) is 0.308. The summed E-state index contributed by atoms with van der Waals surface area (Å²) >= 11 is 0. The van der Waals surface area contributed by atoms with Crippen molar-refractivity contribution in [1.82, 2.24) is 29.5 Å². The fourth-order valence-corrected chi connectivity index (χ4v) is 4.52. The minimum absolute atomic E-state index is 0.0666. The Bertz CT molecular complexity index is 1400. The lowest BCUT2D eigenvalue weighted by atomic mass is 10.0. The van der Waals surface area contributed by atoms with Crippen LogP contribution in [-0.2, 0) is 13.6 Å².